The number of hydrogen-bond acceptors (Lipinski definition) is 3. The van der Waals surface area contributed by atoms with Crippen molar-refractivity contribution in [1.82, 2.24) is 0 Å². The molecule has 1 aromatic carbocycles. The molecule has 0 fully saturated rings. The zero-order valence-corrected chi connectivity index (χ0v) is 11.0. The van der Waals surface area contributed by atoms with E-state index < -0.39 is 29.5 Å². The van der Waals surface area contributed by atoms with Crippen LogP contribution in [0.2, 0.25) is 0 Å². The van der Waals surface area contributed by atoms with Crippen LogP contribution in [0.15, 0.2) is 30.4 Å². The third kappa shape index (κ3) is 3.08. The first kappa shape index (κ1) is 14.7. The molecule has 1 aliphatic rings. The van der Waals surface area contributed by atoms with Crippen molar-refractivity contribution in [2.24, 2.45) is 11.8 Å². The number of carbonyl (C=O) groups excluding carboxylic acids is 1. The second-order valence-corrected chi connectivity index (χ2v) is 4.76. The highest BCUT2D eigenvalue weighted by molar-refractivity contribution is 5.96. The SMILES string of the molecule is N#Cc1c(F)cccc1NC(=O)[C@@H]1CC=CC[C@@H]1C(=O)O. The molecular formula is C15H13FN2O3. The van der Waals surface area contributed by atoms with E-state index in [1.54, 1.807) is 18.2 Å². The van der Waals surface area contributed by atoms with E-state index in [4.69, 9.17) is 10.4 Å². The molecule has 2 N–H and O–H groups in total. The lowest BCUT2D eigenvalue weighted by Crippen LogP contribution is -2.34. The summed E-state index contributed by atoms with van der Waals surface area (Å²) in [5.41, 5.74) is -0.203. The molecule has 0 saturated heterocycles. The fourth-order valence-electron chi connectivity index (χ4n) is 2.34. The maximum atomic E-state index is 13.5. The minimum atomic E-state index is -1.04. The van der Waals surface area contributed by atoms with E-state index in [1.807, 2.05) is 0 Å². The molecule has 0 heterocycles. The Hall–Kier alpha value is -2.68. The number of benzene rings is 1. The zero-order valence-electron chi connectivity index (χ0n) is 11.0. The number of hydrogen-bond donors (Lipinski definition) is 2. The molecule has 0 aromatic heterocycles. The number of amides is 1. The summed E-state index contributed by atoms with van der Waals surface area (Å²) in [6.07, 6.45) is 4.06. The second-order valence-electron chi connectivity index (χ2n) is 4.76. The van der Waals surface area contributed by atoms with Crippen molar-refractivity contribution >= 4 is 17.6 Å². The van der Waals surface area contributed by atoms with Crippen LogP contribution in [0.5, 0.6) is 0 Å². The number of carboxylic acids is 1. The van der Waals surface area contributed by atoms with Crippen LogP contribution < -0.4 is 5.32 Å². The summed E-state index contributed by atoms with van der Waals surface area (Å²) in [7, 11) is 0. The molecule has 1 aromatic rings. The first-order chi connectivity index (χ1) is 10.0. The molecule has 1 amide bonds. The van der Waals surface area contributed by atoms with Gasteiger partial charge in [-0.3, -0.25) is 9.59 Å². The largest absolute Gasteiger partial charge is 0.481 e. The van der Waals surface area contributed by atoms with Gasteiger partial charge in [0.2, 0.25) is 5.91 Å². The van der Waals surface area contributed by atoms with Crippen LogP contribution in [-0.4, -0.2) is 17.0 Å². The van der Waals surface area contributed by atoms with Crippen LogP contribution in [0.1, 0.15) is 18.4 Å². The summed E-state index contributed by atoms with van der Waals surface area (Å²) in [6, 6.07) is 5.60. The van der Waals surface area contributed by atoms with E-state index in [0.29, 0.717) is 6.42 Å². The molecule has 0 unspecified atom stereocenters. The molecule has 2 rings (SSSR count). The maximum absolute atomic E-state index is 13.5. The van der Waals surface area contributed by atoms with Crippen LogP contribution in [0.3, 0.4) is 0 Å². The molecule has 1 aliphatic carbocycles. The molecule has 21 heavy (non-hydrogen) atoms. The summed E-state index contributed by atoms with van der Waals surface area (Å²) in [6.45, 7) is 0. The molecule has 108 valence electrons. The Kier molecular flexibility index (Phi) is 4.33. The molecule has 0 aliphatic heterocycles. The van der Waals surface area contributed by atoms with Crippen LogP contribution in [0.25, 0.3) is 0 Å². The van der Waals surface area contributed by atoms with Crippen LogP contribution in [0.4, 0.5) is 10.1 Å². The number of carbonyl (C=O) groups is 2. The monoisotopic (exact) mass is 288 g/mol. The summed E-state index contributed by atoms with van der Waals surface area (Å²) in [5.74, 6) is -3.84. The fourth-order valence-corrected chi connectivity index (χ4v) is 2.34. The highest BCUT2D eigenvalue weighted by Gasteiger charge is 2.34. The van der Waals surface area contributed by atoms with Crippen molar-refractivity contribution < 1.29 is 19.1 Å². The molecule has 2 atom stereocenters. The van der Waals surface area contributed by atoms with E-state index in [2.05, 4.69) is 5.32 Å². The van der Waals surface area contributed by atoms with Crippen molar-refractivity contribution in [1.29, 1.82) is 5.26 Å². The number of halogens is 1. The van der Waals surface area contributed by atoms with Gasteiger partial charge < -0.3 is 10.4 Å². The van der Waals surface area contributed by atoms with Crippen LogP contribution in [0, 0.1) is 29.0 Å². The van der Waals surface area contributed by atoms with Crippen LogP contribution >= 0.6 is 0 Å². The number of rotatable bonds is 3. The summed E-state index contributed by atoms with van der Waals surface area (Å²) >= 11 is 0. The number of allylic oxidation sites excluding steroid dienone is 2. The van der Waals surface area contributed by atoms with Crippen LogP contribution in [-0.2, 0) is 9.59 Å². The van der Waals surface area contributed by atoms with E-state index in [1.165, 1.54) is 12.1 Å². The first-order valence-electron chi connectivity index (χ1n) is 6.42. The predicted octanol–water partition coefficient (Wildman–Crippen LogP) is 2.30. The van der Waals surface area contributed by atoms with Crippen molar-refractivity contribution in [3.05, 3.63) is 41.7 Å². The van der Waals surface area contributed by atoms with Crippen molar-refractivity contribution in [3.63, 3.8) is 0 Å². The second kappa shape index (κ2) is 6.18. The van der Waals surface area contributed by atoms with Gasteiger partial charge in [-0.05, 0) is 25.0 Å². The number of aliphatic carboxylic acids is 1. The van der Waals surface area contributed by atoms with Crippen molar-refractivity contribution in [2.45, 2.75) is 12.8 Å². The zero-order chi connectivity index (χ0) is 15.4. The van der Waals surface area contributed by atoms with Gasteiger partial charge in [0.25, 0.3) is 0 Å². The van der Waals surface area contributed by atoms with E-state index >= 15 is 0 Å². The van der Waals surface area contributed by atoms with Gasteiger partial charge in [-0.2, -0.15) is 5.26 Å². The average Bonchev–Trinajstić information content (AvgIpc) is 2.47. The predicted molar refractivity (Wildman–Crippen MR) is 72.7 cm³/mol. The van der Waals surface area contributed by atoms with Gasteiger partial charge in [-0.15, -0.1) is 0 Å². The molecule has 0 spiro atoms. The number of nitriles is 1. The Morgan fingerprint density at radius 1 is 1.29 bits per heavy atom. The Labute approximate surface area is 120 Å². The van der Waals surface area contributed by atoms with Crippen molar-refractivity contribution in [2.75, 3.05) is 5.32 Å². The molecule has 0 saturated carbocycles. The first-order valence-corrected chi connectivity index (χ1v) is 6.42. The highest BCUT2D eigenvalue weighted by Crippen LogP contribution is 2.28. The normalized spacial score (nSPS) is 20.6. The third-order valence-electron chi connectivity index (χ3n) is 3.47. The molecule has 6 heteroatoms. The van der Waals surface area contributed by atoms with E-state index in [9.17, 15) is 14.0 Å². The van der Waals surface area contributed by atoms with Crippen molar-refractivity contribution in [3.8, 4) is 6.07 Å². The lowest BCUT2D eigenvalue weighted by molar-refractivity contribution is -0.146. The Balaban J connectivity index is 2.22. The van der Waals surface area contributed by atoms with Gasteiger partial charge in [-0.25, -0.2) is 4.39 Å². The lowest BCUT2D eigenvalue weighted by atomic mass is 9.82. The minimum Gasteiger partial charge on any atom is -0.481 e. The maximum Gasteiger partial charge on any atom is 0.307 e. The Bertz CT molecular complexity index is 649. The van der Waals surface area contributed by atoms with Gasteiger partial charge in [0, 0.05) is 0 Å². The van der Waals surface area contributed by atoms with Gasteiger partial charge >= 0.3 is 5.97 Å². The summed E-state index contributed by atoms with van der Waals surface area (Å²) in [4.78, 5) is 23.4. The molecule has 0 radical (unpaired) electrons. The van der Waals surface area contributed by atoms with Gasteiger partial charge in [0.05, 0.1) is 17.5 Å². The molecule has 0 bridgehead atoms. The number of nitrogens with one attached hydrogen (secondary N) is 1. The average molecular weight is 288 g/mol. The van der Waals surface area contributed by atoms with Gasteiger partial charge in [0.15, 0.2) is 0 Å². The van der Waals surface area contributed by atoms with E-state index in [-0.39, 0.29) is 17.7 Å². The van der Waals surface area contributed by atoms with Gasteiger partial charge in [-0.1, -0.05) is 18.2 Å². The Morgan fingerprint density at radius 2 is 1.95 bits per heavy atom. The Morgan fingerprint density at radius 3 is 2.57 bits per heavy atom. The number of nitrogens with zero attached hydrogens (tertiary/aromatic N) is 1. The minimum absolute atomic E-state index is 0.0567. The smallest absolute Gasteiger partial charge is 0.307 e. The fraction of sp³-hybridized carbons (Fsp3) is 0.267. The summed E-state index contributed by atoms with van der Waals surface area (Å²) < 4.78 is 13.5. The highest BCUT2D eigenvalue weighted by atomic mass is 19.1. The third-order valence-corrected chi connectivity index (χ3v) is 3.47. The number of carboxylic acid groups (broad SMARTS) is 1. The van der Waals surface area contributed by atoms with Gasteiger partial charge in [0.1, 0.15) is 17.4 Å². The summed E-state index contributed by atoms with van der Waals surface area (Å²) in [5, 5.41) is 20.5. The number of anilines is 1. The quantitative estimate of drug-likeness (QED) is 0.835. The molecule has 5 nitrogen and oxygen atoms in total. The standard InChI is InChI=1S/C15H13FN2O3/c16-12-6-3-7-13(11(12)8-17)18-14(19)9-4-1-2-5-10(9)15(20)21/h1-3,6-7,9-10H,4-5H2,(H,18,19)(H,20,21)/t9-,10+/m1/s1. The van der Waals surface area contributed by atoms with E-state index in [0.717, 1.165) is 6.07 Å². The topological polar surface area (TPSA) is 90.2 Å². The molecular weight excluding hydrogens is 275 g/mol. The lowest BCUT2D eigenvalue weighted by Gasteiger charge is -2.24.